The van der Waals surface area contributed by atoms with E-state index in [4.69, 9.17) is 5.73 Å². The van der Waals surface area contributed by atoms with E-state index in [9.17, 15) is 4.79 Å². The summed E-state index contributed by atoms with van der Waals surface area (Å²) in [6.45, 7) is 6.94. The van der Waals surface area contributed by atoms with Gasteiger partial charge in [-0.05, 0) is 36.8 Å². The summed E-state index contributed by atoms with van der Waals surface area (Å²) in [5, 5.41) is 3.06. The Morgan fingerprint density at radius 2 is 1.69 bits per heavy atom. The Labute approximate surface area is 155 Å². The van der Waals surface area contributed by atoms with Crippen LogP contribution in [0, 0.1) is 0 Å². The average Bonchev–Trinajstić information content (AvgIpc) is 2.69. The number of piperazine rings is 1. The SMILES string of the molecule is CC(CNC(=O)Cc1ccc(N)cc1)N1CCN(c2ccccc2)CC1. The Morgan fingerprint density at radius 3 is 2.35 bits per heavy atom. The number of hydrogen-bond acceptors (Lipinski definition) is 4. The van der Waals surface area contributed by atoms with Crippen LogP contribution in [0.4, 0.5) is 11.4 Å². The van der Waals surface area contributed by atoms with E-state index in [0.717, 1.165) is 37.4 Å². The average molecular weight is 352 g/mol. The van der Waals surface area contributed by atoms with Gasteiger partial charge < -0.3 is 16.0 Å². The predicted octanol–water partition coefficient (Wildman–Crippen LogP) is 2.14. The fraction of sp³-hybridized carbons (Fsp3) is 0.381. The maximum Gasteiger partial charge on any atom is 0.224 e. The number of nitrogens with zero attached hydrogens (tertiary/aromatic N) is 2. The van der Waals surface area contributed by atoms with Gasteiger partial charge in [-0.15, -0.1) is 0 Å². The first kappa shape index (κ1) is 18.3. The molecule has 1 heterocycles. The number of carbonyl (C=O) groups excluding carboxylic acids is 1. The molecule has 26 heavy (non-hydrogen) atoms. The molecule has 0 aliphatic carbocycles. The molecule has 3 rings (SSSR count). The Kier molecular flexibility index (Phi) is 6.12. The molecule has 1 saturated heterocycles. The number of carbonyl (C=O) groups is 1. The number of benzene rings is 2. The second kappa shape index (κ2) is 8.72. The molecule has 1 aliphatic rings. The van der Waals surface area contributed by atoms with Crippen molar-refractivity contribution < 1.29 is 4.79 Å². The van der Waals surface area contributed by atoms with Crippen LogP contribution in [0.1, 0.15) is 12.5 Å². The molecular formula is C21H28N4O. The zero-order chi connectivity index (χ0) is 18.4. The van der Waals surface area contributed by atoms with Gasteiger partial charge in [0, 0.05) is 50.1 Å². The summed E-state index contributed by atoms with van der Waals surface area (Å²) in [5.41, 5.74) is 8.67. The zero-order valence-electron chi connectivity index (χ0n) is 15.4. The number of para-hydroxylation sites is 1. The second-order valence-electron chi connectivity index (χ2n) is 6.93. The summed E-state index contributed by atoms with van der Waals surface area (Å²) in [7, 11) is 0. The van der Waals surface area contributed by atoms with E-state index >= 15 is 0 Å². The highest BCUT2D eigenvalue weighted by Crippen LogP contribution is 2.16. The minimum Gasteiger partial charge on any atom is -0.399 e. The highest BCUT2D eigenvalue weighted by molar-refractivity contribution is 5.78. The van der Waals surface area contributed by atoms with Crippen LogP contribution < -0.4 is 16.0 Å². The van der Waals surface area contributed by atoms with Crippen molar-refractivity contribution in [3.05, 3.63) is 60.2 Å². The highest BCUT2D eigenvalue weighted by Gasteiger charge is 2.21. The van der Waals surface area contributed by atoms with E-state index < -0.39 is 0 Å². The van der Waals surface area contributed by atoms with E-state index in [1.807, 2.05) is 24.3 Å². The standard InChI is InChI=1S/C21H28N4O/c1-17(16-23-21(26)15-18-7-9-19(22)10-8-18)24-11-13-25(14-12-24)20-5-3-2-4-6-20/h2-10,17H,11-16,22H2,1H3,(H,23,26). The lowest BCUT2D eigenvalue weighted by molar-refractivity contribution is -0.120. The van der Waals surface area contributed by atoms with Gasteiger partial charge >= 0.3 is 0 Å². The van der Waals surface area contributed by atoms with Gasteiger partial charge in [-0.25, -0.2) is 0 Å². The summed E-state index contributed by atoms with van der Waals surface area (Å²) in [4.78, 5) is 17.0. The Balaban J connectivity index is 1.40. The first-order valence-electron chi connectivity index (χ1n) is 9.27. The first-order chi connectivity index (χ1) is 12.6. The van der Waals surface area contributed by atoms with Crippen LogP contribution in [-0.2, 0) is 11.2 Å². The zero-order valence-corrected chi connectivity index (χ0v) is 15.4. The lowest BCUT2D eigenvalue weighted by Gasteiger charge is -2.39. The number of nitrogens with two attached hydrogens (primary N) is 1. The van der Waals surface area contributed by atoms with Crippen LogP contribution in [-0.4, -0.2) is 49.6 Å². The quantitative estimate of drug-likeness (QED) is 0.782. The first-order valence-corrected chi connectivity index (χ1v) is 9.27. The maximum absolute atomic E-state index is 12.2. The van der Waals surface area contributed by atoms with E-state index in [2.05, 4.69) is 52.4 Å². The summed E-state index contributed by atoms with van der Waals surface area (Å²) in [6.07, 6.45) is 0.398. The van der Waals surface area contributed by atoms with E-state index in [1.54, 1.807) is 0 Å². The molecule has 1 aliphatic heterocycles. The van der Waals surface area contributed by atoms with Gasteiger partial charge in [0.2, 0.25) is 5.91 Å². The molecule has 1 fully saturated rings. The smallest absolute Gasteiger partial charge is 0.224 e. The van der Waals surface area contributed by atoms with Gasteiger partial charge in [-0.3, -0.25) is 9.69 Å². The minimum atomic E-state index is 0.0598. The van der Waals surface area contributed by atoms with Gasteiger partial charge in [0.25, 0.3) is 0 Å². The van der Waals surface area contributed by atoms with Crippen LogP contribution in [0.5, 0.6) is 0 Å². The molecule has 1 amide bonds. The molecular weight excluding hydrogens is 324 g/mol. The molecule has 2 aromatic carbocycles. The van der Waals surface area contributed by atoms with Crippen molar-refractivity contribution in [2.75, 3.05) is 43.4 Å². The van der Waals surface area contributed by atoms with Crippen molar-refractivity contribution in [1.82, 2.24) is 10.2 Å². The summed E-state index contributed by atoms with van der Waals surface area (Å²) in [6, 6.07) is 18.4. The monoisotopic (exact) mass is 352 g/mol. The molecule has 1 atom stereocenters. The third-order valence-corrected chi connectivity index (χ3v) is 5.00. The fourth-order valence-electron chi connectivity index (χ4n) is 3.33. The molecule has 0 saturated carbocycles. The van der Waals surface area contributed by atoms with E-state index in [-0.39, 0.29) is 5.91 Å². The molecule has 0 bridgehead atoms. The molecule has 0 aromatic heterocycles. The van der Waals surface area contributed by atoms with Gasteiger partial charge in [0.1, 0.15) is 0 Å². The minimum absolute atomic E-state index is 0.0598. The van der Waals surface area contributed by atoms with Crippen molar-refractivity contribution in [2.45, 2.75) is 19.4 Å². The number of amides is 1. The van der Waals surface area contributed by atoms with Crippen molar-refractivity contribution in [2.24, 2.45) is 0 Å². The van der Waals surface area contributed by atoms with Crippen molar-refractivity contribution >= 4 is 17.3 Å². The van der Waals surface area contributed by atoms with Crippen molar-refractivity contribution in [3.63, 3.8) is 0 Å². The second-order valence-corrected chi connectivity index (χ2v) is 6.93. The molecule has 5 heteroatoms. The number of nitrogen functional groups attached to an aromatic ring is 1. The van der Waals surface area contributed by atoms with Crippen LogP contribution in [0.25, 0.3) is 0 Å². The van der Waals surface area contributed by atoms with Gasteiger partial charge in [-0.2, -0.15) is 0 Å². The van der Waals surface area contributed by atoms with Crippen LogP contribution in [0.3, 0.4) is 0 Å². The summed E-state index contributed by atoms with van der Waals surface area (Å²) < 4.78 is 0. The van der Waals surface area contributed by atoms with Crippen LogP contribution in [0.15, 0.2) is 54.6 Å². The van der Waals surface area contributed by atoms with Gasteiger partial charge in [0.05, 0.1) is 6.42 Å². The summed E-state index contributed by atoms with van der Waals surface area (Å²) >= 11 is 0. The highest BCUT2D eigenvalue weighted by atomic mass is 16.1. The number of hydrogen-bond donors (Lipinski definition) is 2. The third-order valence-electron chi connectivity index (χ3n) is 5.00. The third kappa shape index (κ3) is 4.99. The Bertz CT molecular complexity index is 694. The summed E-state index contributed by atoms with van der Waals surface area (Å²) in [5.74, 6) is 0.0598. The van der Waals surface area contributed by atoms with Crippen molar-refractivity contribution in [1.29, 1.82) is 0 Å². The normalized spacial score (nSPS) is 16.3. The Hall–Kier alpha value is -2.53. The number of anilines is 2. The molecule has 0 radical (unpaired) electrons. The van der Waals surface area contributed by atoms with Crippen LogP contribution in [0.2, 0.25) is 0 Å². The fourth-order valence-corrected chi connectivity index (χ4v) is 3.33. The van der Waals surface area contributed by atoms with Crippen LogP contribution >= 0.6 is 0 Å². The lowest BCUT2D eigenvalue weighted by atomic mass is 10.1. The maximum atomic E-state index is 12.2. The van der Waals surface area contributed by atoms with E-state index in [0.29, 0.717) is 19.0 Å². The molecule has 138 valence electrons. The molecule has 1 unspecified atom stereocenters. The molecule has 0 spiro atoms. The van der Waals surface area contributed by atoms with E-state index in [1.165, 1.54) is 5.69 Å². The predicted molar refractivity (Wildman–Crippen MR) is 107 cm³/mol. The van der Waals surface area contributed by atoms with Crippen molar-refractivity contribution in [3.8, 4) is 0 Å². The number of rotatable bonds is 6. The largest absolute Gasteiger partial charge is 0.399 e. The molecule has 2 aromatic rings. The topological polar surface area (TPSA) is 61.6 Å². The van der Waals surface area contributed by atoms with Gasteiger partial charge in [0.15, 0.2) is 0 Å². The lowest BCUT2D eigenvalue weighted by Crippen LogP contribution is -2.52. The van der Waals surface area contributed by atoms with Gasteiger partial charge in [-0.1, -0.05) is 30.3 Å². The molecule has 3 N–H and O–H groups in total. The number of nitrogens with one attached hydrogen (secondary N) is 1. The Morgan fingerprint density at radius 1 is 1.04 bits per heavy atom. The molecule has 5 nitrogen and oxygen atoms in total.